The maximum Gasteiger partial charge on any atom is 0.335 e. The van der Waals surface area contributed by atoms with E-state index in [0.29, 0.717) is 12.8 Å². The van der Waals surface area contributed by atoms with E-state index in [9.17, 15) is 23.1 Å². The van der Waals surface area contributed by atoms with Crippen LogP contribution in [0.1, 0.15) is 23.2 Å². The zero-order chi connectivity index (χ0) is 19.5. The fourth-order valence-electron chi connectivity index (χ4n) is 2.87. The van der Waals surface area contributed by atoms with Crippen LogP contribution in [0.3, 0.4) is 0 Å². The Balaban J connectivity index is 2.18. The number of ether oxygens (including phenoxy) is 2. The van der Waals surface area contributed by atoms with Gasteiger partial charge in [0, 0.05) is 19.0 Å². The lowest BCUT2D eigenvalue weighted by molar-refractivity contribution is -0.120. The quantitative estimate of drug-likeness (QED) is 0.748. The minimum Gasteiger partial charge on any atom is -0.493 e. The largest absolute Gasteiger partial charge is 0.493 e. The smallest absolute Gasteiger partial charge is 0.335 e. The summed E-state index contributed by atoms with van der Waals surface area (Å²) >= 11 is 0. The number of sulfonamides is 1. The molecule has 1 aliphatic rings. The summed E-state index contributed by atoms with van der Waals surface area (Å²) in [6.45, 7) is 0.541. The number of anilines is 1. The standard InChI is InChI=1S/C16H22N2O7S/c1-24-13-9-11(16(20)21)8-12(14(13)25-2)17-15(19)10-4-6-18(7-5-10)26(3,22)23/h8-10H,4-7H2,1-3H3,(H,17,19)(H,20,21). The number of carboxylic acid groups (broad SMARTS) is 1. The van der Waals surface area contributed by atoms with Gasteiger partial charge in [0.05, 0.1) is 31.7 Å². The number of nitrogens with zero attached hydrogens (tertiary/aromatic N) is 1. The molecule has 1 aliphatic heterocycles. The van der Waals surface area contributed by atoms with Crippen LogP contribution in [-0.2, 0) is 14.8 Å². The zero-order valence-corrected chi connectivity index (χ0v) is 15.6. The Hall–Kier alpha value is -2.33. The molecule has 2 N–H and O–H groups in total. The molecule has 0 bridgehead atoms. The fourth-order valence-corrected chi connectivity index (χ4v) is 3.74. The molecule has 0 spiro atoms. The van der Waals surface area contributed by atoms with Crippen LogP contribution in [0.25, 0.3) is 0 Å². The van der Waals surface area contributed by atoms with E-state index in [1.54, 1.807) is 0 Å². The number of carbonyl (C=O) groups excluding carboxylic acids is 1. The molecule has 0 saturated carbocycles. The van der Waals surface area contributed by atoms with E-state index in [-0.39, 0.29) is 47.7 Å². The molecule has 144 valence electrons. The van der Waals surface area contributed by atoms with Gasteiger partial charge in [-0.1, -0.05) is 0 Å². The normalized spacial score (nSPS) is 16.1. The SMILES string of the molecule is COc1cc(C(=O)O)cc(NC(=O)C2CCN(S(C)(=O)=O)CC2)c1OC. The van der Waals surface area contributed by atoms with Gasteiger partial charge in [-0.2, -0.15) is 0 Å². The molecule has 1 saturated heterocycles. The number of nitrogens with one attached hydrogen (secondary N) is 1. The van der Waals surface area contributed by atoms with Crippen molar-refractivity contribution in [3.05, 3.63) is 17.7 Å². The monoisotopic (exact) mass is 386 g/mol. The van der Waals surface area contributed by atoms with Crippen LogP contribution in [0.2, 0.25) is 0 Å². The zero-order valence-electron chi connectivity index (χ0n) is 14.8. The topological polar surface area (TPSA) is 122 Å². The Morgan fingerprint density at radius 3 is 2.27 bits per heavy atom. The molecule has 1 heterocycles. The Kier molecular flexibility index (Phi) is 6.09. The highest BCUT2D eigenvalue weighted by molar-refractivity contribution is 7.88. The predicted octanol–water partition coefficient (Wildman–Crippen LogP) is 1.01. The van der Waals surface area contributed by atoms with Crippen LogP contribution in [0, 0.1) is 5.92 Å². The molecule has 9 nitrogen and oxygen atoms in total. The number of rotatable bonds is 6. The third-order valence-corrected chi connectivity index (χ3v) is 5.58. The summed E-state index contributed by atoms with van der Waals surface area (Å²) in [5.74, 6) is -1.45. The lowest BCUT2D eigenvalue weighted by Crippen LogP contribution is -2.40. The molecule has 1 amide bonds. The summed E-state index contributed by atoms with van der Waals surface area (Å²) in [5.41, 5.74) is 0.143. The number of methoxy groups -OCH3 is 2. The predicted molar refractivity (Wildman–Crippen MR) is 94.3 cm³/mol. The second-order valence-electron chi connectivity index (χ2n) is 5.99. The molecule has 0 unspecified atom stereocenters. The van der Waals surface area contributed by atoms with E-state index in [1.807, 2.05) is 0 Å². The van der Waals surface area contributed by atoms with Gasteiger partial charge in [-0.05, 0) is 25.0 Å². The van der Waals surface area contributed by atoms with E-state index in [0.717, 1.165) is 6.26 Å². The van der Waals surface area contributed by atoms with Crippen molar-refractivity contribution in [2.24, 2.45) is 5.92 Å². The molecule has 1 aromatic carbocycles. The highest BCUT2D eigenvalue weighted by atomic mass is 32.2. The van der Waals surface area contributed by atoms with Gasteiger partial charge < -0.3 is 19.9 Å². The van der Waals surface area contributed by atoms with Gasteiger partial charge in [-0.3, -0.25) is 4.79 Å². The number of hydrogen-bond donors (Lipinski definition) is 2. The van der Waals surface area contributed by atoms with E-state index in [4.69, 9.17) is 9.47 Å². The number of amides is 1. The van der Waals surface area contributed by atoms with Crippen LogP contribution in [0.15, 0.2) is 12.1 Å². The minimum atomic E-state index is -3.27. The summed E-state index contributed by atoms with van der Waals surface area (Å²) in [6, 6.07) is 2.61. The van der Waals surface area contributed by atoms with Crippen molar-refractivity contribution in [1.29, 1.82) is 0 Å². The summed E-state index contributed by atoms with van der Waals surface area (Å²) in [7, 11) is -0.510. The lowest BCUT2D eigenvalue weighted by atomic mass is 9.97. The van der Waals surface area contributed by atoms with Gasteiger partial charge in [0.1, 0.15) is 0 Å². The number of carbonyl (C=O) groups is 2. The van der Waals surface area contributed by atoms with Gasteiger partial charge in [-0.25, -0.2) is 17.5 Å². The fraction of sp³-hybridized carbons (Fsp3) is 0.500. The lowest BCUT2D eigenvalue weighted by Gasteiger charge is -2.29. The molecular weight excluding hydrogens is 364 g/mol. The van der Waals surface area contributed by atoms with E-state index in [1.165, 1.54) is 30.7 Å². The molecule has 0 aromatic heterocycles. The number of aromatic carboxylic acids is 1. The summed E-state index contributed by atoms with van der Waals surface area (Å²) in [5, 5.41) is 11.9. The molecule has 2 rings (SSSR count). The van der Waals surface area contributed by atoms with E-state index in [2.05, 4.69) is 5.32 Å². The maximum atomic E-state index is 12.5. The molecule has 0 aliphatic carbocycles. The Bertz CT molecular complexity index is 799. The molecule has 1 fully saturated rings. The van der Waals surface area contributed by atoms with E-state index < -0.39 is 16.0 Å². The first kappa shape index (κ1) is 20.0. The second-order valence-corrected chi connectivity index (χ2v) is 7.97. The third-order valence-electron chi connectivity index (χ3n) is 4.28. The van der Waals surface area contributed by atoms with Gasteiger partial charge in [0.2, 0.25) is 15.9 Å². The van der Waals surface area contributed by atoms with Crippen LogP contribution in [0.4, 0.5) is 5.69 Å². The Labute approximate surface area is 151 Å². The van der Waals surface area contributed by atoms with Gasteiger partial charge in [-0.15, -0.1) is 0 Å². The summed E-state index contributed by atoms with van der Waals surface area (Å²) < 4.78 is 34.8. The number of carboxylic acids is 1. The highest BCUT2D eigenvalue weighted by Gasteiger charge is 2.29. The summed E-state index contributed by atoms with van der Waals surface area (Å²) in [4.78, 5) is 23.8. The number of hydrogen-bond acceptors (Lipinski definition) is 6. The van der Waals surface area contributed by atoms with Crippen molar-refractivity contribution in [2.45, 2.75) is 12.8 Å². The molecule has 26 heavy (non-hydrogen) atoms. The van der Waals surface area contributed by atoms with Crippen molar-refractivity contribution in [3.8, 4) is 11.5 Å². The first-order valence-corrected chi connectivity index (χ1v) is 9.77. The number of benzene rings is 1. The van der Waals surface area contributed by atoms with Gasteiger partial charge >= 0.3 is 5.97 Å². The van der Waals surface area contributed by atoms with Crippen LogP contribution in [0.5, 0.6) is 11.5 Å². The highest BCUT2D eigenvalue weighted by Crippen LogP contribution is 2.37. The Morgan fingerprint density at radius 2 is 1.81 bits per heavy atom. The number of piperidine rings is 1. The van der Waals surface area contributed by atoms with Crippen LogP contribution >= 0.6 is 0 Å². The maximum absolute atomic E-state index is 12.5. The van der Waals surface area contributed by atoms with Crippen molar-refractivity contribution in [1.82, 2.24) is 4.31 Å². The molecule has 0 atom stereocenters. The van der Waals surface area contributed by atoms with Crippen molar-refractivity contribution >= 4 is 27.6 Å². The van der Waals surface area contributed by atoms with Gasteiger partial charge in [0.25, 0.3) is 0 Å². The second kappa shape index (κ2) is 7.92. The first-order valence-electron chi connectivity index (χ1n) is 7.92. The van der Waals surface area contributed by atoms with Crippen LogP contribution in [-0.4, -0.2) is 63.3 Å². The van der Waals surface area contributed by atoms with Gasteiger partial charge in [0.15, 0.2) is 11.5 Å². The molecule has 10 heteroatoms. The van der Waals surface area contributed by atoms with E-state index >= 15 is 0 Å². The minimum absolute atomic E-state index is 0.0511. The van der Waals surface area contributed by atoms with Crippen molar-refractivity contribution < 1.29 is 32.6 Å². The molecule has 1 aromatic rings. The summed E-state index contributed by atoms with van der Waals surface area (Å²) in [6.07, 6.45) is 1.91. The van der Waals surface area contributed by atoms with Crippen molar-refractivity contribution in [3.63, 3.8) is 0 Å². The first-order chi connectivity index (χ1) is 12.2. The van der Waals surface area contributed by atoms with Crippen molar-refractivity contribution in [2.75, 3.05) is 38.9 Å². The average Bonchev–Trinajstić information content (AvgIpc) is 2.60. The Morgan fingerprint density at radius 1 is 1.19 bits per heavy atom. The third kappa shape index (κ3) is 4.44. The van der Waals surface area contributed by atoms with Crippen LogP contribution < -0.4 is 14.8 Å². The molecule has 0 radical (unpaired) electrons. The average molecular weight is 386 g/mol. The molecular formula is C16H22N2O7S.